The minimum atomic E-state index is 0.0710. The SMILES string of the molecule is Oc1ccncc1Cl. The summed E-state index contributed by atoms with van der Waals surface area (Å²) in [5, 5.41) is 9.03. The van der Waals surface area contributed by atoms with E-state index in [9.17, 15) is 0 Å². The first-order valence-electron chi connectivity index (χ1n) is 2.09. The van der Waals surface area contributed by atoms with Crippen molar-refractivity contribution < 1.29 is 5.11 Å². The molecule has 0 atom stereocenters. The summed E-state index contributed by atoms with van der Waals surface area (Å²) >= 11 is 5.40. The molecule has 0 saturated heterocycles. The number of aromatic hydroxyl groups is 1. The van der Waals surface area contributed by atoms with Gasteiger partial charge in [0.1, 0.15) is 10.8 Å². The van der Waals surface area contributed by atoms with Crippen molar-refractivity contribution in [2.45, 2.75) is 0 Å². The minimum absolute atomic E-state index is 0.0710. The van der Waals surface area contributed by atoms with Crippen LogP contribution in [-0.2, 0) is 0 Å². The highest BCUT2D eigenvalue weighted by molar-refractivity contribution is 6.31. The molecule has 0 unspecified atom stereocenters. The van der Waals surface area contributed by atoms with Gasteiger partial charge in [-0.2, -0.15) is 0 Å². The van der Waals surface area contributed by atoms with Crippen LogP contribution in [0.1, 0.15) is 0 Å². The normalized spacial score (nSPS) is 9.12. The van der Waals surface area contributed by atoms with Gasteiger partial charge < -0.3 is 5.11 Å². The molecule has 0 fully saturated rings. The lowest BCUT2D eigenvalue weighted by molar-refractivity contribution is 0.475. The highest BCUT2D eigenvalue weighted by Gasteiger charge is 1.91. The van der Waals surface area contributed by atoms with E-state index in [1.807, 2.05) is 0 Å². The van der Waals surface area contributed by atoms with Crippen LogP contribution in [0.15, 0.2) is 18.5 Å². The van der Waals surface area contributed by atoms with Crippen LogP contribution in [0.4, 0.5) is 0 Å². The monoisotopic (exact) mass is 129 g/mol. The Labute approximate surface area is 51.7 Å². The van der Waals surface area contributed by atoms with Gasteiger partial charge in [0.2, 0.25) is 0 Å². The van der Waals surface area contributed by atoms with Crippen molar-refractivity contribution >= 4 is 11.6 Å². The predicted molar refractivity (Wildman–Crippen MR) is 30.9 cm³/mol. The molecule has 0 radical (unpaired) electrons. The summed E-state index contributed by atoms with van der Waals surface area (Å²) in [6.45, 7) is 0. The van der Waals surface area contributed by atoms with Crippen LogP contribution in [0.2, 0.25) is 5.02 Å². The maximum absolute atomic E-state index is 8.75. The van der Waals surface area contributed by atoms with Gasteiger partial charge in [-0.05, 0) is 6.07 Å². The van der Waals surface area contributed by atoms with Crippen LogP contribution in [0.5, 0.6) is 5.75 Å². The first-order chi connectivity index (χ1) is 3.80. The van der Waals surface area contributed by atoms with Gasteiger partial charge in [-0.15, -0.1) is 0 Å². The number of hydrogen-bond acceptors (Lipinski definition) is 2. The van der Waals surface area contributed by atoms with Crippen LogP contribution in [0, 0.1) is 0 Å². The number of pyridine rings is 1. The number of hydrogen-bond donors (Lipinski definition) is 1. The van der Waals surface area contributed by atoms with E-state index in [0.29, 0.717) is 0 Å². The molecule has 0 aliphatic rings. The second-order valence-electron chi connectivity index (χ2n) is 1.33. The molecule has 42 valence electrons. The summed E-state index contributed by atoms with van der Waals surface area (Å²) in [6.07, 6.45) is 2.86. The van der Waals surface area contributed by atoms with E-state index in [2.05, 4.69) is 4.98 Å². The maximum Gasteiger partial charge on any atom is 0.137 e. The van der Waals surface area contributed by atoms with Gasteiger partial charge in [0.05, 0.1) is 0 Å². The molecule has 0 saturated carbocycles. The second kappa shape index (κ2) is 2.01. The van der Waals surface area contributed by atoms with E-state index in [1.54, 1.807) is 0 Å². The number of nitrogens with zero attached hydrogens (tertiary/aromatic N) is 1. The Morgan fingerprint density at radius 3 is 2.75 bits per heavy atom. The van der Waals surface area contributed by atoms with Gasteiger partial charge in [0.15, 0.2) is 0 Å². The van der Waals surface area contributed by atoms with Crippen molar-refractivity contribution in [1.82, 2.24) is 4.98 Å². The third kappa shape index (κ3) is 0.898. The summed E-state index contributed by atoms with van der Waals surface area (Å²) < 4.78 is 0. The lowest BCUT2D eigenvalue weighted by Crippen LogP contribution is -1.68. The average molecular weight is 130 g/mol. The van der Waals surface area contributed by atoms with Gasteiger partial charge in [0.25, 0.3) is 0 Å². The molecule has 2 nitrogen and oxygen atoms in total. The summed E-state index contributed by atoms with van der Waals surface area (Å²) in [7, 11) is 0. The number of halogens is 1. The molecule has 1 N–H and O–H groups in total. The van der Waals surface area contributed by atoms with E-state index in [0.717, 1.165) is 0 Å². The Bertz CT molecular complexity index is 169. The topological polar surface area (TPSA) is 33.1 Å². The lowest BCUT2D eigenvalue weighted by atomic mass is 10.5. The minimum Gasteiger partial charge on any atom is -0.506 e. The van der Waals surface area contributed by atoms with Crippen LogP contribution in [0.25, 0.3) is 0 Å². The molecule has 1 heterocycles. The van der Waals surface area contributed by atoms with Crippen molar-refractivity contribution in [3.63, 3.8) is 0 Å². The summed E-state index contributed by atoms with van der Waals surface area (Å²) in [4.78, 5) is 3.65. The van der Waals surface area contributed by atoms with Gasteiger partial charge in [-0.3, -0.25) is 4.98 Å². The molecule has 0 aliphatic carbocycles. The summed E-state index contributed by atoms with van der Waals surface area (Å²) in [5.41, 5.74) is 0. The fourth-order valence-electron chi connectivity index (χ4n) is 0.368. The zero-order chi connectivity index (χ0) is 5.98. The first kappa shape index (κ1) is 5.38. The Morgan fingerprint density at radius 1 is 1.62 bits per heavy atom. The molecule has 1 aromatic rings. The quantitative estimate of drug-likeness (QED) is 0.575. The Hall–Kier alpha value is -0.760. The zero-order valence-electron chi connectivity index (χ0n) is 4.00. The van der Waals surface area contributed by atoms with Crippen LogP contribution in [-0.4, -0.2) is 10.1 Å². The van der Waals surface area contributed by atoms with E-state index < -0.39 is 0 Å². The lowest BCUT2D eigenvalue weighted by Gasteiger charge is -1.89. The van der Waals surface area contributed by atoms with Gasteiger partial charge in [-0.1, -0.05) is 11.6 Å². The van der Waals surface area contributed by atoms with E-state index >= 15 is 0 Å². The molecular weight excluding hydrogens is 126 g/mol. The highest BCUT2D eigenvalue weighted by atomic mass is 35.5. The average Bonchev–Trinajstić information content (AvgIpc) is 1.77. The third-order valence-electron chi connectivity index (χ3n) is 0.751. The van der Waals surface area contributed by atoms with Gasteiger partial charge in [-0.25, -0.2) is 0 Å². The number of rotatable bonds is 0. The predicted octanol–water partition coefficient (Wildman–Crippen LogP) is 1.44. The van der Waals surface area contributed by atoms with E-state index in [1.165, 1.54) is 18.5 Å². The smallest absolute Gasteiger partial charge is 0.137 e. The zero-order valence-corrected chi connectivity index (χ0v) is 4.76. The van der Waals surface area contributed by atoms with Crippen LogP contribution < -0.4 is 0 Å². The molecule has 0 aromatic carbocycles. The Morgan fingerprint density at radius 2 is 2.38 bits per heavy atom. The van der Waals surface area contributed by atoms with Crippen LogP contribution >= 0.6 is 11.6 Å². The first-order valence-corrected chi connectivity index (χ1v) is 2.47. The molecule has 1 aromatic heterocycles. The van der Waals surface area contributed by atoms with Crippen molar-refractivity contribution in [3.8, 4) is 5.75 Å². The second-order valence-corrected chi connectivity index (χ2v) is 1.73. The molecule has 0 amide bonds. The molecule has 0 bridgehead atoms. The largest absolute Gasteiger partial charge is 0.506 e. The molecule has 3 heteroatoms. The summed E-state index contributed by atoms with van der Waals surface area (Å²) in [5.74, 6) is 0.0710. The Kier molecular flexibility index (Phi) is 1.35. The molecule has 1 rings (SSSR count). The van der Waals surface area contributed by atoms with Gasteiger partial charge in [0, 0.05) is 12.4 Å². The highest BCUT2D eigenvalue weighted by Crippen LogP contribution is 2.18. The van der Waals surface area contributed by atoms with Crippen molar-refractivity contribution in [2.24, 2.45) is 0 Å². The molecule has 8 heavy (non-hydrogen) atoms. The molecule has 0 aliphatic heterocycles. The summed E-state index contributed by atoms with van der Waals surface area (Å²) in [6, 6.07) is 1.43. The van der Waals surface area contributed by atoms with Crippen LogP contribution in [0.3, 0.4) is 0 Å². The number of aromatic nitrogens is 1. The van der Waals surface area contributed by atoms with Gasteiger partial charge >= 0.3 is 0 Å². The van der Waals surface area contributed by atoms with E-state index in [4.69, 9.17) is 16.7 Å². The fourth-order valence-corrected chi connectivity index (χ4v) is 0.487. The Balaban J connectivity index is 3.13. The van der Waals surface area contributed by atoms with E-state index in [-0.39, 0.29) is 10.8 Å². The van der Waals surface area contributed by atoms with Crippen molar-refractivity contribution in [3.05, 3.63) is 23.5 Å². The fraction of sp³-hybridized carbons (Fsp3) is 0. The molecular formula is C5H4ClNO. The van der Waals surface area contributed by atoms with Crippen molar-refractivity contribution in [1.29, 1.82) is 0 Å². The van der Waals surface area contributed by atoms with Crippen molar-refractivity contribution in [2.75, 3.05) is 0 Å². The standard InChI is InChI=1S/C5H4ClNO/c6-4-3-7-2-1-5(4)8/h1-3H,(H,7,8). The maximum atomic E-state index is 8.75. The third-order valence-corrected chi connectivity index (χ3v) is 1.04. The molecule has 0 spiro atoms.